The molecule has 2 unspecified atom stereocenters. The monoisotopic (exact) mass is 676 g/mol. The van der Waals surface area contributed by atoms with Crippen molar-refractivity contribution in [2.75, 3.05) is 10.7 Å². The van der Waals surface area contributed by atoms with Gasteiger partial charge in [0.05, 0.1) is 17.1 Å². The largest absolute Gasteiger partial charge is 0.573 e. The number of amidine groups is 1. The van der Waals surface area contributed by atoms with Gasteiger partial charge in [-0.05, 0) is 78.8 Å². The fourth-order valence-corrected chi connectivity index (χ4v) is 5.85. The number of benzene rings is 3. The van der Waals surface area contributed by atoms with Crippen molar-refractivity contribution in [1.82, 2.24) is 20.1 Å². The van der Waals surface area contributed by atoms with Gasteiger partial charge < -0.3 is 10.1 Å². The first-order valence-electron chi connectivity index (χ1n) is 15.3. The number of anilines is 1. The standard InChI is InChI=1S/C35H35F3N6O3S/c1-21(2)29-16-9-22(3)17-30(29)44-31(45)19-48-34(44)41-33(46)40-24(5)23(4)10-11-25-7-6-8-26(18-25)32-39-20-43(42-32)27-12-14-28(15-13-27)47-35(36,37)38/h6-18,20-21,23-24H,19H2,1-5H3,(H,40,46). The number of hydrogen-bond donors (Lipinski definition) is 1. The summed E-state index contributed by atoms with van der Waals surface area (Å²) < 4.78 is 42.8. The first kappa shape index (κ1) is 34.4. The normalized spacial score (nSPS) is 15.8. The summed E-state index contributed by atoms with van der Waals surface area (Å²) in [4.78, 5) is 36.1. The molecule has 3 amide bonds. The summed E-state index contributed by atoms with van der Waals surface area (Å²) in [6, 6.07) is 18.1. The third kappa shape index (κ3) is 8.51. The number of aromatic nitrogens is 3. The highest BCUT2D eigenvalue weighted by Crippen LogP contribution is 2.34. The molecule has 1 aliphatic heterocycles. The van der Waals surface area contributed by atoms with Crippen LogP contribution in [0.5, 0.6) is 5.75 Å². The number of nitrogens with one attached hydrogen (secondary N) is 1. The first-order chi connectivity index (χ1) is 22.8. The molecular formula is C35H35F3N6O3S. The number of hydrogen-bond acceptors (Lipinski definition) is 6. The highest BCUT2D eigenvalue weighted by atomic mass is 32.2. The minimum Gasteiger partial charge on any atom is -0.406 e. The Bertz CT molecular complexity index is 1850. The maximum atomic E-state index is 13.0. The zero-order valence-corrected chi connectivity index (χ0v) is 27.8. The van der Waals surface area contributed by atoms with Crippen molar-refractivity contribution >= 4 is 40.6 Å². The second-order valence-electron chi connectivity index (χ2n) is 11.8. The van der Waals surface area contributed by atoms with Crippen LogP contribution in [0.15, 0.2) is 84.1 Å². The molecule has 5 rings (SSSR count). The van der Waals surface area contributed by atoms with Crippen molar-refractivity contribution in [1.29, 1.82) is 0 Å². The summed E-state index contributed by atoms with van der Waals surface area (Å²) in [5.41, 5.74) is 4.95. The predicted molar refractivity (Wildman–Crippen MR) is 182 cm³/mol. The molecule has 250 valence electrons. The summed E-state index contributed by atoms with van der Waals surface area (Å²) >= 11 is 1.25. The average Bonchev–Trinajstić information content (AvgIpc) is 3.66. The average molecular weight is 677 g/mol. The molecule has 2 heterocycles. The van der Waals surface area contributed by atoms with Crippen LogP contribution in [0.4, 0.5) is 23.7 Å². The van der Waals surface area contributed by atoms with Gasteiger partial charge in [0.2, 0.25) is 5.91 Å². The van der Waals surface area contributed by atoms with Crippen LogP contribution in [-0.2, 0) is 4.79 Å². The maximum Gasteiger partial charge on any atom is 0.573 e. The van der Waals surface area contributed by atoms with Crippen molar-refractivity contribution < 1.29 is 27.5 Å². The Balaban J connectivity index is 1.22. The topological polar surface area (TPSA) is 102 Å². The summed E-state index contributed by atoms with van der Waals surface area (Å²) in [5.74, 6) is 0.356. The third-order valence-corrected chi connectivity index (χ3v) is 8.64. The van der Waals surface area contributed by atoms with Gasteiger partial charge in [0.15, 0.2) is 11.0 Å². The van der Waals surface area contributed by atoms with E-state index in [-0.39, 0.29) is 35.3 Å². The predicted octanol–water partition coefficient (Wildman–Crippen LogP) is 8.15. The van der Waals surface area contributed by atoms with E-state index in [9.17, 15) is 22.8 Å². The van der Waals surface area contributed by atoms with Crippen LogP contribution in [0.1, 0.15) is 50.3 Å². The lowest BCUT2D eigenvalue weighted by Crippen LogP contribution is -2.37. The van der Waals surface area contributed by atoms with E-state index >= 15 is 0 Å². The lowest BCUT2D eigenvalue weighted by molar-refractivity contribution is -0.274. The highest BCUT2D eigenvalue weighted by Gasteiger charge is 2.33. The minimum absolute atomic E-state index is 0.0577. The zero-order valence-electron chi connectivity index (χ0n) is 27.0. The zero-order chi connectivity index (χ0) is 34.6. The number of halogens is 3. The van der Waals surface area contributed by atoms with Gasteiger partial charge >= 0.3 is 12.4 Å². The number of carbonyl (C=O) groups is 2. The maximum absolute atomic E-state index is 13.0. The van der Waals surface area contributed by atoms with E-state index in [0.717, 1.165) is 27.9 Å². The van der Waals surface area contributed by atoms with Crippen LogP contribution in [0.2, 0.25) is 0 Å². The molecule has 13 heteroatoms. The highest BCUT2D eigenvalue weighted by molar-refractivity contribution is 8.15. The van der Waals surface area contributed by atoms with Crippen molar-refractivity contribution in [3.05, 3.63) is 95.8 Å². The Morgan fingerprint density at radius 3 is 2.52 bits per heavy atom. The lowest BCUT2D eigenvalue weighted by atomic mass is 9.99. The van der Waals surface area contributed by atoms with E-state index in [4.69, 9.17) is 0 Å². The number of alkyl halides is 3. The molecule has 1 aliphatic rings. The smallest absolute Gasteiger partial charge is 0.406 e. The fourth-order valence-electron chi connectivity index (χ4n) is 4.99. The number of nitrogens with zero attached hydrogens (tertiary/aromatic N) is 5. The van der Waals surface area contributed by atoms with Gasteiger partial charge in [-0.1, -0.05) is 75.0 Å². The number of aryl methyl sites for hydroxylation is 1. The second kappa shape index (κ2) is 14.5. The van der Waals surface area contributed by atoms with Gasteiger partial charge in [-0.2, -0.15) is 4.99 Å². The molecule has 1 aromatic heterocycles. The molecule has 0 saturated carbocycles. The van der Waals surface area contributed by atoms with Crippen LogP contribution in [0.25, 0.3) is 23.2 Å². The van der Waals surface area contributed by atoms with Crippen LogP contribution < -0.4 is 15.0 Å². The van der Waals surface area contributed by atoms with Crippen LogP contribution in [0.3, 0.4) is 0 Å². The first-order valence-corrected chi connectivity index (χ1v) is 16.3. The van der Waals surface area contributed by atoms with Crippen LogP contribution in [0, 0.1) is 12.8 Å². The SMILES string of the molecule is Cc1ccc(C(C)C)c(N2C(=O)CSC2=NC(=O)NC(C)C(C)C=Cc2cccc(-c3ncn(-c4ccc(OC(F)(F)F)cc4)n3)c2)c1. The Morgan fingerprint density at radius 1 is 1.06 bits per heavy atom. The van der Waals surface area contributed by atoms with Gasteiger partial charge in [-0.25, -0.2) is 14.5 Å². The summed E-state index contributed by atoms with van der Waals surface area (Å²) in [5, 5.41) is 7.77. The summed E-state index contributed by atoms with van der Waals surface area (Å²) in [6.45, 7) is 9.97. The van der Waals surface area contributed by atoms with E-state index < -0.39 is 12.4 Å². The number of urea groups is 1. The number of amides is 3. The quantitative estimate of drug-likeness (QED) is 0.192. The Labute approximate surface area is 280 Å². The lowest BCUT2D eigenvalue weighted by Gasteiger charge is -2.22. The van der Waals surface area contributed by atoms with Gasteiger partial charge in [0, 0.05) is 11.6 Å². The van der Waals surface area contributed by atoms with E-state index in [1.165, 1.54) is 47.0 Å². The number of aliphatic imine (C=N–C) groups is 1. The molecular weight excluding hydrogens is 641 g/mol. The van der Waals surface area contributed by atoms with Gasteiger partial charge in [-0.3, -0.25) is 9.69 Å². The molecule has 1 N–H and O–H groups in total. The van der Waals surface area contributed by atoms with Crippen LogP contribution >= 0.6 is 11.8 Å². The molecule has 48 heavy (non-hydrogen) atoms. The summed E-state index contributed by atoms with van der Waals surface area (Å²) in [7, 11) is 0. The second-order valence-corrected chi connectivity index (χ2v) is 12.7. The minimum atomic E-state index is -4.76. The van der Waals surface area contributed by atoms with Crippen LogP contribution in [-0.4, -0.2) is 50.0 Å². The molecule has 0 radical (unpaired) electrons. The third-order valence-electron chi connectivity index (χ3n) is 7.72. The van der Waals surface area contributed by atoms with Gasteiger partial charge in [0.25, 0.3) is 0 Å². The van der Waals surface area contributed by atoms with Gasteiger partial charge in [-0.15, -0.1) is 18.3 Å². The van der Waals surface area contributed by atoms with E-state index in [1.807, 2.05) is 75.4 Å². The number of thioether (sulfide) groups is 1. The van der Waals surface area contributed by atoms with E-state index in [1.54, 1.807) is 4.90 Å². The molecule has 1 saturated heterocycles. The Hall–Kier alpha value is -4.91. The van der Waals surface area contributed by atoms with Crippen molar-refractivity contribution in [3.63, 3.8) is 0 Å². The van der Waals surface area contributed by atoms with Crippen molar-refractivity contribution in [2.24, 2.45) is 10.9 Å². The molecule has 3 aromatic carbocycles. The number of rotatable bonds is 9. The molecule has 0 aliphatic carbocycles. The molecule has 9 nitrogen and oxygen atoms in total. The van der Waals surface area contributed by atoms with Crippen molar-refractivity contribution in [3.8, 4) is 22.8 Å². The molecule has 0 bridgehead atoms. The van der Waals surface area contributed by atoms with E-state index in [2.05, 4.69) is 39.0 Å². The Kier molecular flexibility index (Phi) is 10.4. The molecule has 4 aromatic rings. The summed E-state index contributed by atoms with van der Waals surface area (Å²) in [6.07, 6.45) is 0.642. The van der Waals surface area contributed by atoms with E-state index in [0.29, 0.717) is 16.7 Å². The van der Waals surface area contributed by atoms with Gasteiger partial charge in [0.1, 0.15) is 12.1 Å². The molecule has 1 fully saturated rings. The Morgan fingerprint density at radius 2 is 1.81 bits per heavy atom. The number of ether oxygens (including phenoxy) is 1. The fraction of sp³-hybridized carbons (Fsp3) is 0.286. The molecule has 2 atom stereocenters. The number of carbonyl (C=O) groups excluding carboxylic acids is 2. The van der Waals surface area contributed by atoms with Crippen molar-refractivity contribution in [2.45, 2.75) is 52.9 Å². The molecule has 0 spiro atoms.